The monoisotopic (exact) mass is 287 g/mol. The van der Waals surface area contributed by atoms with E-state index >= 15 is 0 Å². The molecule has 0 bridgehead atoms. The molecule has 0 saturated heterocycles. The summed E-state index contributed by atoms with van der Waals surface area (Å²) in [6.45, 7) is 2.59. The van der Waals surface area contributed by atoms with Gasteiger partial charge < -0.3 is 10.0 Å². The van der Waals surface area contributed by atoms with E-state index in [4.69, 9.17) is 0 Å². The number of aromatic nitrogens is 2. The normalized spacial score (nSPS) is 21.9. The molecule has 0 spiro atoms. The molecule has 5 nitrogen and oxygen atoms in total. The highest BCUT2D eigenvalue weighted by Gasteiger charge is 2.28. The number of fused-ring (bicyclic) bond motifs is 1. The maximum absolute atomic E-state index is 12.6. The molecule has 2 aromatic heterocycles. The summed E-state index contributed by atoms with van der Waals surface area (Å²) in [4.78, 5) is 18.6. The Balaban J connectivity index is 1.81. The molecule has 3 rings (SSSR count). The van der Waals surface area contributed by atoms with Crippen molar-refractivity contribution in [1.29, 1.82) is 0 Å². The van der Waals surface area contributed by atoms with Crippen molar-refractivity contribution in [2.45, 2.75) is 32.3 Å². The van der Waals surface area contributed by atoms with Crippen LogP contribution in [-0.2, 0) is 0 Å². The van der Waals surface area contributed by atoms with Gasteiger partial charge in [-0.15, -0.1) is 0 Å². The maximum Gasteiger partial charge on any atom is 0.272 e. The van der Waals surface area contributed by atoms with E-state index in [9.17, 15) is 9.90 Å². The highest BCUT2D eigenvalue weighted by atomic mass is 16.3. The van der Waals surface area contributed by atoms with Crippen LogP contribution in [0.4, 0.5) is 0 Å². The number of hydrogen-bond donors (Lipinski definition) is 1. The van der Waals surface area contributed by atoms with Crippen LogP contribution in [0, 0.1) is 12.8 Å². The Morgan fingerprint density at radius 3 is 3.00 bits per heavy atom. The maximum atomic E-state index is 12.6. The number of aryl methyl sites for hydroxylation is 1. The molecule has 5 heteroatoms. The Bertz CT molecular complexity index is 665. The molecule has 1 fully saturated rings. The number of pyridine rings is 1. The minimum absolute atomic E-state index is 0.0489. The summed E-state index contributed by atoms with van der Waals surface area (Å²) in [5.41, 5.74) is 2.44. The number of rotatable bonds is 3. The summed E-state index contributed by atoms with van der Waals surface area (Å²) in [5, 5.41) is 9.90. The van der Waals surface area contributed by atoms with Crippen LogP contribution in [0.25, 0.3) is 5.65 Å². The van der Waals surface area contributed by atoms with Crippen LogP contribution in [0.3, 0.4) is 0 Å². The molecule has 0 aliphatic heterocycles. The predicted octanol–water partition coefficient (Wildman–Crippen LogP) is 1.88. The lowest BCUT2D eigenvalue weighted by Gasteiger charge is -2.23. The topological polar surface area (TPSA) is 57.8 Å². The van der Waals surface area contributed by atoms with Crippen molar-refractivity contribution in [2.24, 2.45) is 5.92 Å². The lowest BCUT2D eigenvalue weighted by molar-refractivity contribution is 0.0687. The Morgan fingerprint density at radius 1 is 1.48 bits per heavy atom. The minimum Gasteiger partial charge on any atom is -0.393 e. The fourth-order valence-electron chi connectivity index (χ4n) is 3.11. The van der Waals surface area contributed by atoms with E-state index in [0.29, 0.717) is 12.2 Å². The van der Waals surface area contributed by atoms with E-state index < -0.39 is 0 Å². The zero-order valence-corrected chi connectivity index (χ0v) is 12.5. The van der Waals surface area contributed by atoms with Gasteiger partial charge in [0.1, 0.15) is 11.3 Å². The van der Waals surface area contributed by atoms with E-state index in [2.05, 4.69) is 4.98 Å². The minimum atomic E-state index is -0.273. The second kappa shape index (κ2) is 5.48. The molecule has 1 amide bonds. The molecule has 1 aliphatic rings. The zero-order chi connectivity index (χ0) is 15.0. The number of hydrogen-bond acceptors (Lipinski definition) is 3. The van der Waals surface area contributed by atoms with Crippen LogP contribution in [0.15, 0.2) is 24.5 Å². The van der Waals surface area contributed by atoms with Gasteiger partial charge in [-0.3, -0.25) is 9.20 Å². The highest BCUT2D eigenvalue weighted by Crippen LogP contribution is 2.26. The highest BCUT2D eigenvalue weighted by molar-refractivity contribution is 5.93. The van der Waals surface area contributed by atoms with E-state index in [1.54, 1.807) is 18.1 Å². The van der Waals surface area contributed by atoms with E-state index in [1.165, 1.54) is 0 Å². The largest absolute Gasteiger partial charge is 0.393 e. The van der Waals surface area contributed by atoms with E-state index in [0.717, 1.165) is 30.5 Å². The van der Waals surface area contributed by atoms with Gasteiger partial charge in [0.25, 0.3) is 5.91 Å². The Morgan fingerprint density at radius 2 is 2.29 bits per heavy atom. The first kappa shape index (κ1) is 14.1. The lowest BCUT2D eigenvalue weighted by Crippen LogP contribution is -2.35. The van der Waals surface area contributed by atoms with Crippen LogP contribution in [0.1, 0.15) is 35.3 Å². The number of carbonyl (C=O) groups excluding carboxylic acids is 1. The molecule has 0 aromatic carbocycles. The van der Waals surface area contributed by atoms with Gasteiger partial charge in [-0.1, -0.05) is 12.5 Å². The van der Waals surface area contributed by atoms with Crippen molar-refractivity contribution < 1.29 is 9.90 Å². The molecule has 21 heavy (non-hydrogen) atoms. The van der Waals surface area contributed by atoms with Gasteiger partial charge in [-0.2, -0.15) is 0 Å². The number of nitrogens with zero attached hydrogens (tertiary/aromatic N) is 3. The summed E-state index contributed by atoms with van der Waals surface area (Å²) < 4.78 is 1.83. The lowest BCUT2D eigenvalue weighted by atomic mass is 10.1. The van der Waals surface area contributed by atoms with Gasteiger partial charge in [0.15, 0.2) is 0 Å². The van der Waals surface area contributed by atoms with Gasteiger partial charge in [0, 0.05) is 25.7 Å². The first-order valence-corrected chi connectivity index (χ1v) is 7.43. The summed E-state index contributed by atoms with van der Waals surface area (Å²) in [6, 6.07) is 3.89. The second-order valence-electron chi connectivity index (χ2n) is 6.02. The molecule has 1 N–H and O–H groups in total. The predicted molar refractivity (Wildman–Crippen MR) is 80.2 cm³/mol. The Labute approximate surface area is 124 Å². The molecule has 2 aromatic rings. The van der Waals surface area contributed by atoms with Crippen molar-refractivity contribution in [1.82, 2.24) is 14.3 Å². The Hall–Kier alpha value is -1.88. The van der Waals surface area contributed by atoms with E-state index in [-0.39, 0.29) is 17.9 Å². The van der Waals surface area contributed by atoms with Crippen molar-refractivity contribution in [3.8, 4) is 0 Å². The molecule has 1 saturated carbocycles. The van der Waals surface area contributed by atoms with Crippen LogP contribution >= 0.6 is 0 Å². The zero-order valence-electron chi connectivity index (χ0n) is 12.5. The average molecular weight is 287 g/mol. The van der Waals surface area contributed by atoms with E-state index in [1.807, 2.05) is 29.7 Å². The number of imidazole rings is 1. The van der Waals surface area contributed by atoms with Crippen LogP contribution in [0.2, 0.25) is 0 Å². The SMILES string of the molecule is Cc1ccc2ncc(C(=O)N(C)CC3CCCC3O)n2c1. The summed E-state index contributed by atoms with van der Waals surface area (Å²) >= 11 is 0. The second-order valence-corrected chi connectivity index (χ2v) is 6.02. The third kappa shape index (κ3) is 2.65. The standard InChI is InChI=1S/C16H21N3O2/c1-11-6-7-15-17-8-13(19(15)9-11)16(21)18(2)10-12-4-3-5-14(12)20/h6-9,12,14,20H,3-5,10H2,1-2H3. The van der Waals surface area contributed by atoms with Gasteiger partial charge in [0.05, 0.1) is 12.3 Å². The molecule has 112 valence electrons. The number of aliphatic hydroxyl groups excluding tert-OH is 1. The quantitative estimate of drug-likeness (QED) is 0.937. The van der Waals surface area contributed by atoms with Crippen LogP contribution in [-0.4, -0.2) is 45.0 Å². The van der Waals surface area contributed by atoms with Crippen molar-refractivity contribution in [3.63, 3.8) is 0 Å². The van der Waals surface area contributed by atoms with Gasteiger partial charge >= 0.3 is 0 Å². The fraction of sp³-hybridized carbons (Fsp3) is 0.500. The average Bonchev–Trinajstić information content (AvgIpc) is 3.04. The first-order valence-electron chi connectivity index (χ1n) is 7.43. The number of aliphatic hydroxyl groups is 1. The third-order valence-electron chi connectivity index (χ3n) is 4.35. The molecule has 0 radical (unpaired) electrons. The molecule has 1 aliphatic carbocycles. The summed E-state index contributed by atoms with van der Waals surface area (Å²) in [7, 11) is 1.79. The smallest absolute Gasteiger partial charge is 0.272 e. The Kier molecular flexibility index (Phi) is 3.68. The van der Waals surface area contributed by atoms with Gasteiger partial charge in [-0.05, 0) is 31.4 Å². The molecule has 2 heterocycles. The van der Waals surface area contributed by atoms with Crippen molar-refractivity contribution in [2.75, 3.05) is 13.6 Å². The molecular formula is C16H21N3O2. The van der Waals surface area contributed by atoms with Crippen LogP contribution < -0.4 is 0 Å². The van der Waals surface area contributed by atoms with Gasteiger partial charge in [0.2, 0.25) is 0 Å². The number of amides is 1. The van der Waals surface area contributed by atoms with Crippen molar-refractivity contribution >= 4 is 11.6 Å². The number of carbonyl (C=O) groups is 1. The van der Waals surface area contributed by atoms with Crippen molar-refractivity contribution in [3.05, 3.63) is 35.8 Å². The van der Waals surface area contributed by atoms with Crippen LogP contribution in [0.5, 0.6) is 0 Å². The molecule has 2 atom stereocenters. The van der Waals surface area contributed by atoms with Gasteiger partial charge in [-0.25, -0.2) is 4.98 Å². The summed E-state index contributed by atoms with van der Waals surface area (Å²) in [5.74, 6) is 0.145. The molecule has 2 unspecified atom stereocenters. The first-order chi connectivity index (χ1) is 10.1. The fourth-order valence-corrected chi connectivity index (χ4v) is 3.11. The third-order valence-corrected chi connectivity index (χ3v) is 4.35. The molecular weight excluding hydrogens is 266 g/mol. The summed E-state index contributed by atoms with van der Waals surface area (Å²) in [6.07, 6.45) is 6.16.